The minimum atomic E-state index is -0.566. The molecule has 0 radical (unpaired) electrons. The molecule has 0 atom stereocenters. The van der Waals surface area contributed by atoms with E-state index in [-0.39, 0.29) is 15.7 Å². The van der Waals surface area contributed by atoms with Crippen molar-refractivity contribution >= 4 is 39.3 Å². The summed E-state index contributed by atoms with van der Waals surface area (Å²) in [6, 6.07) is 7.42. The quantitative estimate of drug-likeness (QED) is 0.668. The number of nitro groups is 2. The summed E-state index contributed by atoms with van der Waals surface area (Å²) in [6.07, 6.45) is 0. The van der Waals surface area contributed by atoms with E-state index < -0.39 is 9.85 Å². The fraction of sp³-hybridized carbons (Fsp3) is 0.0909. The van der Waals surface area contributed by atoms with Crippen molar-refractivity contribution in [2.75, 3.05) is 5.32 Å². The molecule has 0 aliphatic carbocycles. The Hall–Kier alpha value is -2.19. The van der Waals surface area contributed by atoms with Crippen molar-refractivity contribution in [3.8, 4) is 0 Å². The van der Waals surface area contributed by atoms with Crippen molar-refractivity contribution in [3.05, 3.63) is 60.5 Å². The van der Waals surface area contributed by atoms with Crippen LogP contribution in [0.25, 0.3) is 0 Å². The Morgan fingerprint density at radius 1 is 1.15 bits per heavy atom. The first-order valence-corrected chi connectivity index (χ1v) is 6.58. The van der Waals surface area contributed by atoms with Gasteiger partial charge in [0, 0.05) is 29.2 Å². The average molecular weight is 314 g/mol. The maximum atomic E-state index is 10.7. The standard InChI is InChI=1S/C11H8ClN3O4S/c12-9-3-1-7(5-10(9)14(16)17)13-6-8-2-4-11(20-8)15(18)19/h1-5,13H,6H2. The van der Waals surface area contributed by atoms with Crippen LogP contribution in [0.15, 0.2) is 30.3 Å². The predicted octanol–water partition coefficient (Wildman–Crippen LogP) is 3.83. The molecule has 0 unspecified atom stereocenters. The summed E-state index contributed by atoms with van der Waals surface area (Å²) in [7, 11) is 0. The molecule has 0 amide bonds. The fourth-order valence-corrected chi connectivity index (χ4v) is 2.46. The lowest BCUT2D eigenvalue weighted by Gasteiger charge is -2.04. The molecule has 0 aliphatic rings. The molecular formula is C11H8ClN3O4S. The molecule has 1 aromatic heterocycles. The third kappa shape index (κ3) is 3.22. The molecule has 104 valence electrons. The highest BCUT2D eigenvalue weighted by Gasteiger charge is 2.13. The Bertz CT molecular complexity index is 673. The van der Waals surface area contributed by atoms with Gasteiger partial charge in [-0.15, -0.1) is 0 Å². The van der Waals surface area contributed by atoms with Crippen molar-refractivity contribution in [1.29, 1.82) is 0 Å². The normalized spacial score (nSPS) is 10.2. The molecule has 9 heteroatoms. The van der Waals surface area contributed by atoms with Crippen molar-refractivity contribution in [2.45, 2.75) is 6.54 Å². The molecule has 7 nitrogen and oxygen atoms in total. The van der Waals surface area contributed by atoms with E-state index in [0.29, 0.717) is 12.2 Å². The minimum absolute atomic E-state index is 0.0592. The molecule has 0 spiro atoms. The van der Waals surface area contributed by atoms with Gasteiger partial charge in [-0.05, 0) is 18.2 Å². The van der Waals surface area contributed by atoms with E-state index in [0.717, 1.165) is 16.2 Å². The molecule has 20 heavy (non-hydrogen) atoms. The number of nitrogens with zero attached hydrogens (tertiary/aromatic N) is 2. The zero-order valence-electron chi connectivity index (χ0n) is 9.91. The van der Waals surface area contributed by atoms with Gasteiger partial charge in [-0.25, -0.2) is 0 Å². The van der Waals surface area contributed by atoms with Gasteiger partial charge >= 0.3 is 5.00 Å². The first-order chi connectivity index (χ1) is 9.47. The second kappa shape index (κ2) is 5.85. The van der Waals surface area contributed by atoms with Gasteiger partial charge in [-0.2, -0.15) is 0 Å². The highest BCUT2D eigenvalue weighted by atomic mass is 35.5. The summed E-state index contributed by atoms with van der Waals surface area (Å²) in [5.74, 6) is 0. The molecule has 0 fully saturated rings. The summed E-state index contributed by atoms with van der Waals surface area (Å²) in [4.78, 5) is 21.0. The van der Waals surface area contributed by atoms with Crippen LogP contribution in [0.5, 0.6) is 0 Å². The van der Waals surface area contributed by atoms with Gasteiger partial charge in [0.15, 0.2) is 0 Å². The first-order valence-electron chi connectivity index (χ1n) is 5.38. The van der Waals surface area contributed by atoms with Gasteiger partial charge in [0.1, 0.15) is 5.02 Å². The van der Waals surface area contributed by atoms with Gasteiger partial charge in [0.05, 0.1) is 9.85 Å². The maximum Gasteiger partial charge on any atom is 0.324 e. The Morgan fingerprint density at radius 2 is 1.90 bits per heavy atom. The van der Waals surface area contributed by atoms with Gasteiger partial charge in [0.2, 0.25) is 0 Å². The van der Waals surface area contributed by atoms with Gasteiger partial charge in [-0.3, -0.25) is 20.2 Å². The monoisotopic (exact) mass is 313 g/mol. The van der Waals surface area contributed by atoms with Crippen molar-refractivity contribution < 1.29 is 9.85 Å². The summed E-state index contributed by atoms with van der Waals surface area (Å²) >= 11 is 6.76. The Kier molecular flexibility index (Phi) is 4.16. The number of rotatable bonds is 5. The van der Waals surface area contributed by atoms with Crippen molar-refractivity contribution in [1.82, 2.24) is 0 Å². The number of hydrogen-bond acceptors (Lipinski definition) is 6. The lowest BCUT2D eigenvalue weighted by atomic mass is 10.2. The van der Waals surface area contributed by atoms with E-state index in [1.807, 2.05) is 0 Å². The SMILES string of the molecule is O=[N+]([O-])c1ccc(CNc2ccc(Cl)c([N+](=O)[O-])c2)s1. The highest BCUT2D eigenvalue weighted by Crippen LogP contribution is 2.28. The summed E-state index contributed by atoms with van der Waals surface area (Å²) in [5.41, 5.74) is 0.339. The predicted molar refractivity (Wildman–Crippen MR) is 76.4 cm³/mol. The van der Waals surface area contributed by atoms with Gasteiger partial charge in [0.25, 0.3) is 5.69 Å². The lowest BCUT2D eigenvalue weighted by Crippen LogP contribution is -1.98. The Labute approximate surface area is 122 Å². The van der Waals surface area contributed by atoms with Crippen LogP contribution in [0.3, 0.4) is 0 Å². The maximum absolute atomic E-state index is 10.7. The first kappa shape index (κ1) is 14.2. The average Bonchev–Trinajstić information content (AvgIpc) is 2.86. The second-order valence-electron chi connectivity index (χ2n) is 3.77. The molecule has 0 saturated heterocycles. The summed E-state index contributed by atoms with van der Waals surface area (Å²) < 4.78 is 0. The van der Waals surface area contributed by atoms with E-state index in [2.05, 4.69) is 5.32 Å². The van der Waals surface area contributed by atoms with E-state index in [1.165, 1.54) is 18.2 Å². The smallest absolute Gasteiger partial charge is 0.324 e. The van der Waals surface area contributed by atoms with Crippen LogP contribution in [-0.2, 0) is 6.54 Å². The number of nitro benzene ring substituents is 1. The molecule has 0 saturated carbocycles. The fourth-order valence-electron chi connectivity index (χ4n) is 1.51. The number of nitrogens with one attached hydrogen (secondary N) is 1. The number of halogens is 1. The van der Waals surface area contributed by atoms with E-state index in [4.69, 9.17) is 11.6 Å². The third-order valence-corrected chi connectivity index (χ3v) is 3.79. The Morgan fingerprint density at radius 3 is 2.50 bits per heavy atom. The number of thiophene rings is 1. The largest absolute Gasteiger partial charge is 0.380 e. The van der Waals surface area contributed by atoms with E-state index >= 15 is 0 Å². The van der Waals surface area contributed by atoms with Crippen LogP contribution >= 0.6 is 22.9 Å². The highest BCUT2D eigenvalue weighted by molar-refractivity contribution is 7.15. The number of hydrogen-bond donors (Lipinski definition) is 1. The second-order valence-corrected chi connectivity index (χ2v) is 5.33. The molecule has 1 heterocycles. The molecular weight excluding hydrogens is 306 g/mol. The van der Waals surface area contributed by atoms with Gasteiger partial charge in [-0.1, -0.05) is 22.9 Å². The zero-order chi connectivity index (χ0) is 14.7. The topological polar surface area (TPSA) is 98.3 Å². The van der Waals surface area contributed by atoms with Gasteiger partial charge < -0.3 is 5.32 Å². The number of anilines is 1. The molecule has 2 rings (SSSR count). The molecule has 0 bridgehead atoms. The molecule has 1 aromatic carbocycles. The Balaban J connectivity index is 2.08. The number of benzene rings is 1. The molecule has 0 aliphatic heterocycles. The zero-order valence-corrected chi connectivity index (χ0v) is 11.5. The van der Waals surface area contributed by atoms with Crippen LogP contribution in [-0.4, -0.2) is 9.85 Å². The molecule has 1 N–H and O–H groups in total. The van der Waals surface area contributed by atoms with Crippen LogP contribution in [0.2, 0.25) is 5.02 Å². The lowest BCUT2D eigenvalue weighted by molar-refractivity contribution is -0.384. The van der Waals surface area contributed by atoms with Crippen LogP contribution in [0, 0.1) is 20.2 Å². The van der Waals surface area contributed by atoms with Crippen molar-refractivity contribution in [3.63, 3.8) is 0 Å². The third-order valence-electron chi connectivity index (χ3n) is 2.44. The van der Waals surface area contributed by atoms with E-state index in [1.54, 1.807) is 12.1 Å². The van der Waals surface area contributed by atoms with E-state index in [9.17, 15) is 20.2 Å². The molecule has 2 aromatic rings. The minimum Gasteiger partial charge on any atom is -0.380 e. The van der Waals surface area contributed by atoms with Crippen LogP contribution in [0.1, 0.15) is 4.88 Å². The van der Waals surface area contributed by atoms with Crippen LogP contribution < -0.4 is 5.32 Å². The summed E-state index contributed by atoms with van der Waals surface area (Å²) in [6.45, 7) is 0.345. The summed E-state index contributed by atoms with van der Waals surface area (Å²) in [5, 5.41) is 24.4. The van der Waals surface area contributed by atoms with Crippen LogP contribution in [0.4, 0.5) is 16.4 Å². The van der Waals surface area contributed by atoms with Crippen molar-refractivity contribution in [2.24, 2.45) is 0 Å².